The van der Waals surface area contributed by atoms with Crippen LogP contribution in [0.1, 0.15) is 17.0 Å². The van der Waals surface area contributed by atoms with Gasteiger partial charge in [0.2, 0.25) is 0 Å². The van der Waals surface area contributed by atoms with Crippen LogP contribution in [-0.2, 0) is 20.3 Å². The van der Waals surface area contributed by atoms with Crippen molar-refractivity contribution in [2.75, 3.05) is 25.5 Å². The number of nitrogens with zero attached hydrogens (tertiary/aromatic N) is 1. The van der Waals surface area contributed by atoms with Crippen LogP contribution in [0.15, 0.2) is 4.52 Å². The van der Waals surface area contributed by atoms with Crippen molar-refractivity contribution in [1.82, 2.24) is 5.16 Å². The van der Waals surface area contributed by atoms with Crippen molar-refractivity contribution >= 4 is 9.84 Å². The lowest BCUT2D eigenvalue weighted by Crippen LogP contribution is -2.17. The Morgan fingerprint density at radius 3 is 2.59 bits per heavy atom. The maximum absolute atomic E-state index is 11.8. The number of aryl methyl sites for hydroxylation is 2. The van der Waals surface area contributed by atoms with Crippen LogP contribution in [0, 0.1) is 13.8 Å². The summed E-state index contributed by atoms with van der Waals surface area (Å²) in [6.45, 7) is 4.37. The second-order valence-corrected chi connectivity index (χ2v) is 5.98. The van der Waals surface area contributed by atoms with Gasteiger partial charge in [-0.25, -0.2) is 8.42 Å². The number of nitrogens with two attached hydrogens (primary N) is 1. The molecule has 0 amide bonds. The molecular weight excluding hydrogens is 244 g/mol. The first-order valence-corrected chi connectivity index (χ1v) is 7.18. The van der Waals surface area contributed by atoms with Crippen LogP contribution in [0.25, 0.3) is 0 Å². The maximum atomic E-state index is 11.8. The van der Waals surface area contributed by atoms with Crippen molar-refractivity contribution in [3.63, 3.8) is 0 Å². The molecule has 0 bridgehead atoms. The molecule has 98 valence electrons. The smallest absolute Gasteiger partial charge is 0.156 e. The summed E-state index contributed by atoms with van der Waals surface area (Å²) in [5, 5.41) is 3.72. The molecule has 0 atom stereocenters. The summed E-state index contributed by atoms with van der Waals surface area (Å²) < 4.78 is 33.5. The Labute approximate surface area is 101 Å². The molecule has 7 heteroatoms. The van der Waals surface area contributed by atoms with Gasteiger partial charge in [0.1, 0.15) is 5.76 Å². The van der Waals surface area contributed by atoms with Crippen molar-refractivity contribution in [3.8, 4) is 0 Å². The van der Waals surface area contributed by atoms with E-state index in [1.807, 2.05) is 0 Å². The summed E-state index contributed by atoms with van der Waals surface area (Å²) in [5.74, 6) is 0.478. The molecule has 1 heterocycles. The Bertz CT molecular complexity index is 433. The quantitative estimate of drug-likeness (QED) is 0.704. The normalized spacial score (nSPS) is 11.9. The summed E-state index contributed by atoms with van der Waals surface area (Å²) in [4.78, 5) is 0. The fourth-order valence-electron chi connectivity index (χ4n) is 1.37. The van der Waals surface area contributed by atoms with Crippen molar-refractivity contribution in [2.45, 2.75) is 19.6 Å². The second-order valence-electron chi connectivity index (χ2n) is 3.80. The van der Waals surface area contributed by atoms with Gasteiger partial charge in [-0.2, -0.15) is 0 Å². The highest BCUT2D eigenvalue weighted by atomic mass is 32.2. The number of hydrogen-bond acceptors (Lipinski definition) is 6. The van der Waals surface area contributed by atoms with Crippen LogP contribution in [0.5, 0.6) is 0 Å². The Morgan fingerprint density at radius 2 is 2.06 bits per heavy atom. The molecule has 0 aliphatic heterocycles. The van der Waals surface area contributed by atoms with Gasteiger partial charge in [0.25, 0.3) is 0 Å². The molecule has 1 aromatic heterocycles. The summed E-state index contributed by atoms with van der Waals surface area (Å²) in [6, 6.07) is 0. The standard InChI is InChI=1S/C10H18N2O4S/c1-8-10(9(2)16-12-8)7-17(13,14)6-5-15-4-3-11/h3-7,11H2,1-2H3. The van der Waals surface area contributed by atoms with Gasteiger partial charge in [0.05, 0.1) is 30.4 Å². The van der Waals surface area contributed by atoms with Gasteiger partial charge < -0.3 is 15.0 Å². The minimum atomic E-state index is -3.20. The predicted molar refractivity (Wildman–Crippen MR) is 63.3 cm³/mol. The van der Waals surface area contributed by atoms with Crippen molar-refractivity contribution < 1.29 is 17.7 Å². The van der Waals surface area contributed by atoms with Crippen LogP contribution in [0.4, 0.5) is 0 Å². The molecule has 0 unspecified atom stereocenters. The third kappa shape index (κ3) is 4.45. The zero-order valence-corrected chi connectivity index (χ0v) is 10.9. The van der Waals surface area contributed by atoms with Gasteiger partial charge in [0, 0.05) is 12.1 Å². The zero-order chi connectivity index (χ0) is 12.9. The van der Waals surface area contributed by atoms with Crippen LogP contribution in [0.2, 0.25) is 0 Å². The first-order chi connectivity index (χ1) is 7.96. The molecule has 0 radical (unpaired) electrons. The summed E-state index contributed by atoms with van der Waals surface area (Å²) >= 11 is 0. The third-order valence-electron chi connectivity index (χ3n) is 2.35. The lowest BCUT2D eigenvalue weighted by molar-refractivity contribution is 0.157. The average molecular weight is 262 g/mol. The zero-order valence-electron chi connectivity index (χ0n) is 10.1. The number of aromatic nitrogens is 1. The van der Waals surface area contributed by atoms with Gasteiger partial charge in [-0.1, -0.05) is 5.16 Å². The van der Waals surface area contributed by atoms with Crippen molar-refractivity contribution in [3.05, 3.63) is 17.0 Å². The molecule has 1 aromatic rings. The second kappa shape index (κ2) is 6.13. The van der Waals surface area contributed by atoms with Gasteiger partial charge >= 0.3 is 0 Å². The average Bonchev–Trinajstić information content (AvgIpc) is 2.56. The van der Waals surface area contributed by atoms with E-state index in [2.05, 4.69) is 5.16 Å². The van der Waals surface area contributed by atoms with E-state index in [-0.39, 0.29) is 18.1 Å². The Hall–Kier alpha value is -0.920. The molecular formula is C10H18N2O4S. The molecule has 0 aliphatic rings. The van der Waals surface area contributed by atoms with E-state index in [1.54, 1.807) is 13.8 Å². The first-order valence-electron chi connectivity index (χ1n) is 5.36. The number of rotatable bonds is 7. The molecule has 0 aliphatic carbocycles. The molecule has 17 heavy (non-hydrogen) atoms. The first kappa shape index (κ1) is 14.1. The molecule has 2 N–H and O–H groups in total. The van der Waals surface area contributed by atoms with Crippen molar-refractivity contribution in [1.29, 1.82) is 0 Å². The number of sulfone groups is 1. The maximum Gasteiger partial charge on any atom is 0.156 e. The molecule has 0 saturated carbocycles. The highest BCUT2D eigenvalue weighted by Gasteiger charge is 2.18. The Morgan fingerprint density at radius 1 is 1.35 bits per heavy atom. The Balaban J connectivity index is 2.55. The van der Waals surface area contributed by atoms with Crippen LogP contribution < -0.4 is 5.73 Å². The van der Waals surface area contributed by atoms with Crippen LogP contribution in [0.3, 0.4) is 0 Å². The summed E-state index contributed by atoms with van der Waals surface area (Å²) in [5.41, 5.74) is 6.49. The minimum absolute atomic E-state index is 0.0168. The van der Waals surface area contributed by atoms with Gasteiger partial charge in [-0.3, -0.25) is 0 Å². The van der Waals surface area contributed by atoms with E-state index in [0.717, 1.165) is 0 Å². The van der Waals surface area contributed by atoms with E-state index in [1.165, 1.54) is 0 Å². The fourth-order valence-corrected chi connectivity index (χ4v) is 2.74. The van der Waals surface area contributed by atoms with Gasteiger partial charge in [-0.15, -0.1) is 0 Å². The van der Waals surface area contributed by atoms with E-state index >= 15 is 0 Å². The topological polar surface area (TPSA) is 95.4 Å². The van der Waals surface area contributed by atoms with Crippen LogP contribution in [-0.4, -0.2) is 39.1 Å². The SMILES string of the molecule is Cc1noc(C)c1CS(=O)(=O)CCOCCN. The van der Waals surface area contributed by atoms with E-state index < -0.39 is 9.84 Å². The minimum Gasteiger partial charge on any atom is -0.379 e. The van der Waals surface area contributed by atoms with E-state index in [9.17, 15) is 8.42 Å². The van der Waals surface area contributed by atoms with E-state index in [4.69, 9.17) is 15.0 Å². The monoisotopic (exact) mass is 262 g/mol. The molecule has 6 nitrogen and oxygen atoms in total. The lowest BCUT2D eigenvalue weighted by Gasteiger charge is -2.04. The number of ether oxygens (including phenoxy) is 1. The summed E-state index contributed by atoms with van der Waals surface area (Å²) in [7, 11) is -3.20. The number of hydrogen-bond donors (Lipinski definition) is 1. The molecule has 0 spiro atoms. The fraction of sp³-hybridized carbons (Fsp3) is 0.700. The third-order valence-corrected chi connectivity index (χ3v) is 3.86. The predicted octanol–water partition coefficient (Wildman–Crippen LogP) is 0.182. The molecule has 0 aromatic carbocycles. The van der Waals surface area contributed by atoms with Crippen molar-refractivity contribution in [2.24, 2.45) is 5.73 Å². The molecule has 0 fully saturated rings. The summed E-state index contributed by atoms with van der Waals surface area (Å²) in [6.07, 6.45) is 0. The van der Waals surface area contributed by atoms with E-state index in [0.29, 0.717) is 30.2 Å². The Kier molecular flexibility index (Phi) is 5.10. The lowest BCUT2D eigenvalue weighted by atomic mass is 10.2. The van der Waals surface area contributed by atoms with Gasteiger partial charge in [0.15, 0.2) is 9.84 Å². The van der Waals surface area contributed by atoms with Crippen LogP contribution >= 0.6 is 0 Å². The van der Waals surface area contributed by atoms with Gasteiger partial charge in [-0.05, 0) is 13.8 Å². The molecule has 0 saturated heterocycles. The highest BCUT2D eigenvalue weighted by Crippen LogP contribution is 2.15. The largest absolute Gasteiger partial charge is 0.379 e. The molecule has 1 rings (SSSR count). The highest BCUT2D eigenvalue weighted by molar-refractivity contribution is 7.90.